The van der Waals surface area contributed by atoms with E-state index in [4.69, 9.17) is 4.74 Å². The maximum Gasteiger partial charge on any atom is 0.305 e. The molecule has 112 valence electrons. The minimum atomic E-state index is -0.323. The summed E-state index contributed by atoms with van der Waals surface area (Å²) < 4.78 is 5.11. The molecule has 0 bridgehead atoms. The molecule has 0 saturated heterocycles. The van der Waals surface area contributed by atoms with Crippen LogP contribution in [-0.2, 0) is 20.9 Å². The number of esters is 1. The minimum Gasteiger partial charge on any atom is -0.508 e. The number of hydrogen-bond donors (Lipinski definition) is 1. The van der Waals surface area contributed by atoms with Gasteiger partial charge in [0.1, 0.15) is 12.4 Å². The molecule has 0 aliphatic carbocycles. The van der Waals surface area contributed by atoms with Gasteiger partial charge in [0.25, 0.3) is 0 Å². The number of rotatable bonds is 5. The van der Waals surface area contributed by atoms with Gasteiger partial charge in [0.2, 0.25) is 6.08 Å². The van der Waals surface area contributed by atoms with Gasteiger partial charge in [-0.15, -0.1) is 0 Å². The van der Waals surface area contributed by atoms with Crippen molar-refractivity contribution in [2.75, 3.05) is 0 Å². The van der Waals surface area contributed by atoms with Gasteiger partial charge in [-0.25, -0.2) is 4.79 Å². The molecule has 0 unspecified atom stereocenters. The summed E-state index contributed by atoms with van der Waals surface area (Å²) in [5.74, 6) is -0.173. The number of benzene rings is 2. The first-order chi connectivity index (χ1) is 10.7. The highest BCUT2D eigenvalue weighted by Gasteiger charge is 2.11. The Morgan fingerprint density at radius 2 is 1.95 bits per heavy atom. The van der Waals surface area contributed by atoms with Crippen molar-refractivity contribution >= 4 is 17.7 Å². The van der Waals surface area contributed by atoms with Gasteiger partial charge < -0.3 is 9.84 Å². The van der Waals surface area contributed by atoms with Crippen LogP contribution in [0.2, 0.25) is 0 Å². The maximum atomic E-state index is 11.3. The van der Waals surface area contributed by atoms with Gasteiger partial charge in [-0.05, 0) is 17.7 Å². The van der Waals surface area contributed by atoms with Crippen molar-refractivity contribution in [1.82, 2.24) is 0 Å². The van der Waals surface area contributed by atoms with Gasteiger partial charge in [-0.3, -0.25) is 4.79 Å². The Labute approximate surface area is 127 Å². The molecule has 2 aromatic carbocycles. The zero-order valence-corrected chi connectivity index (χ0v) is 12.1. The predicted molar refractivity (Wildman–Crippen MR) is 81.4 cm³/mol. The average molecular weight is 297 g/mol. The van der Waals surface area contributed by atoms with Crippen LogP contribution in [0.5, 0.6) is 5.75 Å². The zero-order chi connectivity index (χ0) is 15.9. The van der Waals surface area contributed by atoms with Gasteiger partial charge in [0.05, 0.1) is 5.69 Å². The van der Waals surface area contributed by atoms with E-state index in [2.05, 4.69) is 4.99 Å². The summed E-state index contributed by atoms with van der Waals surface area (Å²) in [7, 11) is 0. The molecular weight excluding hydrogens is 282 g/mol. The molecule has 0 fully saturated rings. The second-order valence-electron chi connectivity index (χ2n) is 4.58. The summed E-state index contributed by atoms with van der Waals surface area (Å²) in [5.41, 5.74) is 2.52. The molecule has 0 aromatic heterocycles. The van der Waals surface area contributed by atoms with Crippen LogP contribution in [0.4, 0.5) is 5.69 Å². The van der Waals surface area contributed by atoms with Crippen molar-refractivity contribution in [2.45, 2.75) is 20.0 Å². The molecule has 0 aliphatic heterocycles. The number of para-hydroxylation sites is 1. The molecule has 2 rings (SSSR count). The van der Waals surface area contributed by atoms with E-state index in [-0.39, 0.29) is 24.7 Å². The van der Waals surface area contributed by atoms with E-state index in [0.29, 0.717) is 16.8 Å². The number of carbonyl (C=O) groups is 1. The van der Waals surface area contributed by atoms with Gasteiger partial charge in [0, 0.05) is 17.5 Å². The third-order valence-corrected chi connectivity index (χ3v) is 3.13. The van der Waals surface area contributed by atoms with Crippen LogP contribution in [-0.4, -0.2) is 17.2 Å². The van der Waals surface area contributed by atoms with Gasteiger partial charge in [0.15, 0.2) is 0 Å². The lowest BCUT2D eigenvalue weighted by atomic mass is 10.0. The highest BCUT2D eigenvalue weighted by atomic mass is 16.5. The van der Waals surface area contributed by atoms with E-state index in [1.54, 1.807) is 49.4 Å². The predicted octanol–water partition coefficient (Wildman–Crippen LogP) is 3.48. The highest BCUT2D eigenvalue weighted by Crippen LogP contribution is 2.34. The molecule has 0 heterocycles. The Balaban J connectivity index is 2.43. The first-order valence-electron chi connectivity index (χ1n) is 6.80. The quantitative estimate of drug-likeness (QED) is 0.521. The molecular formula is C17H15NO4. The molecule has 0 amide bonds. The van der Waals surface area contributed by atoms with E-state index >= 15 is 0 Å². The summed E-state index contributed by atoms with van der Waals surface area (Å²) >= 11 is 0. The molecule has 1 N–H and O–H groups in total. The Morgan fingerprint density at radius 3 is 2.59 bits per heavy atom. The van der Waals surface area contributed by atoms with E-state index in [1.165, 1.54) is 6.08 Å². The fourth-order valence-corrected chi connectivity index (χ4v) is 2.02. The summed E-state index contributed by atoms with van der Waals surface area (Å²) in [6.07, 6.45) is 1.81. The van der Waals surface area contributed by atoms with Crippen molar-refractivity contribution in [3.63, 3.8) is 0 Å². The summed E-state index contributed by atoms with van der Waals surface area (Å²) in [6, 6.07) is 11.9. The lowest BCUT2D eigenvalue weighted by Gasteiger charge is -2.11. The lowest BCUT2D eigenvalue weighted by Crippen LogP contribution is -2.02. The topological polar surface area (TPSA) is 76.0 Å². The smallest absolute Gasteiger partial charge is 0.305 e. The lowest BCUT2D eigenvalue weighted by molar-refractivity contribution is -0.144. The van der Waals surface area contributed by atoms with Gasteiger partial charge in [-0.1, -0.05) is 37.3 Å². The number of phenolic OH excluding ortho intramolecular Hbond substituents is 1. The number of aromatic hydroxyl groups is 1. The Kier molecular flexibility index (Phi) is 5.07. The van der Waals surface area contributed by atoms with Crippen LogP contribution in [0.3, 0.4) is 0 Å². The molecule has 0 radical (unpaired) electrons. The van der Waals surface area contributed by atoms with E-state index in [9.17, 15) is 14.7 Å². The maximum absolute atomic E-state index is 11.3. The van der Waals surface area contributed by atoms with Crippen molar-refractivity contribution in [1.29, 1.82) is 0 Å². The Hall–Kier alpha value is -2.91. The fourth-order valence-electron chi connectivity index (χ4n) is 2.02. The van der Waals surface area contributed by atoms with Crippen molar-refractivity contribution < 1.29 is 19.4 Å². The van der Waals surface area contributed by atoms with Crippen LogP contribution in [0.15, 0.2) is 47.5 Å². The zero-order valence-electron chi connectivity index (χ0n) is 12.1. The molecule has 0 aliphatic rings. The minimum absolute atomic E-state index is 0.0408. The van der Waals surface area contributed by atoms with E-state index in [0.717, 1.165) is 5.56 Å². The third kappa shape index (κ3) is 3.59. The normalized spacial score (nSPS) is 9.86. The second kappa shape index (κ2) is 7.20. The first kappa shape index (κ1) is 15.5. The number of aliphatic imine (C=N–C) groups is 1. The molecule has 0 spiro atoms. The molecule has 0 saturated carbocycles. The molecule has 0 atom stereocenters. The van der Waals surface area contributed by atoms with Gasteiger partial charge >= 0.3 is 5.97 Å². The van der Waals surface area contributed by atoms with Crippen molar-refractivity contribution in [3.05, 3.63) is 48.0 Å². The van der Waals surface area contributed by atoms with Gasteiger partial charge in [-0.2, -0.15) is 4.99 Å². The standard InChI is InChI=1S/C17H15NO4/c1-2-16(21)22-10-13-4-3-5-15(17(13)18-11-19)12-6-8-14(20)9-7-12/h3-9,20H,2,10H2,1H3. The number of hydrogen-bond acceptors (Lipinski definition) is 5. The number of nitrogens with zero attached hydrogens (tertiary/aromatic N) is 1. The van der Waals surface area contributed by atoms with Crippen molar-refractivity contribution in [2.24, 2.45) is 4.99 Å². The van der Waals surface area contributed by atoms with Crippen LogP contribution < -0.4 is 0 Å². The number of carbonyl (C=O) groups excluding carboxylic acids is 2. The molecule has 2 aromatic rings. The average Bonchev–Trinajstić information content (AvgIpc) is 2.54. The van der Waals surface area contributed by atoms with E-state index < -0.39 is 0 Å². The monoisotopic (exact) mass is 297 g/mol. The number of ether oxygens (including phenoxy) is 1. The summed E-state index contributed by atoms with van der Waals surface area (Å²) in [5, 5.41) is 9.36. The van der Waals surface area contributed by atoms with E-state index in [1.807, 2.05) is 0 Å². The second-order valence-corrected chi connectivity index (χ2v) is 4.58. The van der Waals surface area contributed by atoms with Crippen molar-refractivity contribution in [3.8, 4) is 16.9 Å². The highest BCUT2D eigenvalue weighted by molar-refractivity contribution is 5.80. The van der Waals surface area contributed by atoms with Crippen LogP contribution in [0.25, 0.3) is 11.1 Å². The Morgan fingerprint density at radius 1 is 1.23 bits per heavy atom. The number of phenols is 1. The largest absolute Gasteiger partial charge is 0.508 e. The van der Waals surface area contributed by atoms with Crippen LogP contribution >= 0.6 is 0 Å². The molecule has 22 heavy (non-hydrogen) atoms. The summed E-state index contributed by atoms with van der Waals surface area (Å²) in [6.45, 7) is 1.75. The SMILES string of the molecule is CCC(=O)OCc1cccc(-c2ccc(O)cc2)c1N=C=O. The fraction of sp³-hybridized carbons (Fsp3) is 0.176. The Bertz CT molecular complexity index is 716. The molecule has 5 nitrogen and oxygen atoms in total. The third-order valence-electron chi connectivity index (χ3n) is 3.13. The number of isocyanates is 1. The first-order valence-corrected chi connectivity index (χ1v) is 6.80. The van der Waals surface area contributed by atoms with Crippen LogP contribution in [0.1, 0.15) is 18.9 Å². The molecule has 5 heteroatoms. The summed E-state index contributed by atoms with van der Waals surface area (Å²) in [4.78, 5) is 25.8. The van der Waals surface area contributed by atoms with Crippen LogP contribution in [0, 0.1) is 0 Å².